The van der Waals surface area contributed by atoms with Gasteiger partial charge in [-0.2, -0.15) is 0 Å². The summed E-state index contributed by atoms with van der Waals surface area (Å²) in [5, 5.41) is 13.0. The van der Waals surface area contributed by atoms with Crippen molar-refractivity contribution in [1.29, 1.82) is 0 Å². The Hall–Kier alpha value is -3.98. The lowest BCUT2D eigenvalue weighted by Crippen LogP contribution is -2.24. The third-order valence-electron chi connectivity index (χ3n) is 5.28. The molecule has 9 heteroatoms. The van der Waals surface area contributed by atoms with Crippen LogP contribution in [0.25, 0.3) is 28.0 Å². The molecular weight excluding hydrogens is 456 g/mol. The molecular formula is C25H19F2N5OS. The van der Waals surface area contributed by atoms with Crippen LogP contribution in [0.15, 0.2) is 84.1 Å². The van der Waals surface area contributed by atoms with Crippen molar-refractivity contribution < 1.29 is 13.6 Å². The van der Waals surface area contributed by atoms with E-state index in [2.05, 4.69) is 20.5 Å². The minimum absolute atomic E-state index is 0.106. The van der Waals surface area contributed by atoms with Gasteiger partial charge >= 0.3 is 0 Å². The van der Waals surface area contributed by atoms with Crippen molar-refractivity contribution in [2.24, 2.45) is 0 Å². The molecule has 0 atom stereocenters. The van der Waals surface area contributed by atoms with Crippen LogP contribution in [0.1, 0.15) is 5.56 Å². The van der Waals surface area contributed by atoms with E-state index in [4.69, 9.17) is 0 Å². The fourth-order valence-electron chi connectivity index (χ4n) is 3.60. The van der Waals surface area contributed by atoms with Gasteiger partial charge in [0.2, 0.25) is 5.91 Å². The molecule has 0 aliphatic carbocycles. The Balaban J connectivity index is 1.40. The van der Waals surface area contributed by atoms with Gasteiger partial charge in [-0.25, -0.2) is 8.78 Å². The first-order chi connectivity index (χ1) is 16.6. The van der Waals surface area contributed by atoms with E-state index in [1.54, 1.807) is 24.3 Å². The van der Waals surface area contributed by atoms with E-state index in [0.29, 0.717) is 23.2 Å². The second-order valence-electron chi connectivity index (χ2n) is 7.56. The summed E-state index contributed by atoms with van der Waals surface area (Å²) in [6.45, 7) is 0.297. The summed E-state index contributed by atoms with van der Waals surface area (Å²) in [4.78, 5) is 15.7. The van der Waals surface area contributed by atoms with E-state index in [9.17, 15) is 13.6 Å². The molecule has 2 aromatic heterocycles. The highest BCUT2D eigenvalue weighted by Gasteiger charge is 2.19. The van der Waals surface area contributed by atoms with Gasteiger partial charge in [0.05, 0.1) is 5.75 Å². The molecule has 0 bridgehead atoms. The van der Waals surface area contributed by atoms with Gasteiger partial charge in [0.15, 0.2) is 11.0 Å². The number of thioether (sulfide) groups is 1. The third kappa shape index (κ3) is 4.55. The lowest BCUT2D eigenvalue weighted by Gasteiger charge is -2.10. The van der Waals surface area contributed by atoms with Crippen LogP contribution in [-0.2, 0) is 11.3 Å². The lowest BCUT2D eigenvalue weighted by molar-refractivity contribution is -0.118. The molecule has 34 heavy (non-hydrogen) atoms. The normalized spacial score (nSPS) is 11.1. The van der Waals surface area contributed by atoms with Gasteiger partial charge in [0.25, 0.3) is 0 Å². The van der Waals surface area contributed by atoms with E-state index in [1.165, 1.54) is 36.0 Å². The molecule has 0 saturated carbocycles. The number of aromatic nitrogens is 4. The number of hydrogen-bond donors (Lipinski definition) is 2. The zero-order valence-corrected chi connectivity index (χ0v) is 18.7. The quantitative estimate of drug-likeness (QED) is 0.321. The lowest BCUT2D eigenvalue weighted by atomic mass is 10.1. The topological polar surface area (TPSA) is 75.6 Å². The van der Waals surface area contributed by atoms with Gasteiger partial charge in [-0.1, -0.05) is 42.1 Å². The summed E-state index contributed by atoms with van der Waals surface area (Å²) < 4.78 is 28.5. The van der Waals surface area contributed by atoms with Gasteiger partial charge in [0.1, 0.15) is 11.6 Å². The Kier molecular flexibility index (Phi) is 6.09. The van der Waals surface area contributed by atoms with E-state index in [0.717, 1.165) is 22.0 Å². The number of H-pyrrole nitrogens is 1. The van der Waals surface area contributed by atoms with E-state index < -0.39 is 0 Å². The van der Waals surface area contributed by atoms with Gasteiger partial charge in [-0.3, -0.25) is 9.36 Å². The van der Waals surface area contributed by atoms with Gasteiger partial charge in [-0.05, 0) is 48.0 Å². The van der Waals surface area contributed by atoms with Crippen LogP contribution in [0.4, 0.5) is 8.78 Å². The predicted molar refractivity (Wildman–Crippen MR) is 128 cm³/mol. The van der Waals surface area contributed by atoms with Crippen molar-refractivity contribution in [2.45, 2.75) is 11.7 Å². The van der Waals surface area contributed by atoms with E-state index >= 15 is 0 Å². The second kappa shape index (κ2) is 9.48. The first-order valence-electron chi connectivity index (χ1n) is 10.5. The molecule has 5 aromatic rings. The number of halogens is 2. The number of para-hydroxylation sites is 1. The zero-order valence-electron chi connectivity index (χ0n) is 17.8. The first-order valence-corrected chi connectivity index (χ1v) is 11.5. The molecule has 3 aromatic carbocycles. The number of amides is 1. The SMILES string of the molecule is O=C(CSc1nnc(-c2c[nH]c3ccccc23)n1-c1ccc(F)cc1)NCc1ccc(F)cc1. The summed E-state index contributed by atoms with van der Waals surface area (Å²) in [5.74, 6) is -0.180. The summed E-state index contributed by atoms with van der Waals surface area (Å²) in [7, 11) is 0. The number of carbonyl (C=O) groups excluding carboxylic acids is 1. The Morgan fingerprint density at radius 2 is 1.65 bits per heavy atom. The number of aromatic amines is 1. The fourth-order valence-corrected chi connectivity index (χ4v) is 4.38. The minimum atomic E-state index is -0.347. The van der Waals surface area contributed by atoms with Crippen molar-refractivity contribution in [2.75, 3.05) is 5.75 Å². The van der Waals surface area contributed by atoms with Crippen LogP contribution in [0.5, 0.6) is 0 Å². The summed E-state index contributed by atoms with van der Waals surface area (Å²) in [5.41, 5.74) is 3.29. The van der Waals surface area contributed by atoms with Crippen LogP contribution < -0.4 is 5.32 Å². The van der Waals surface area contributed by atoms with Crippen molar-refractivity contribution in [3.63, 3.8) is 0 Å². The molecule has 0 aliphatic rings. The van der Waals surface area contributed by atoms with Crippen molar-refractivity contribution in [1.82, 2.24) is 25.1 Å². The number of hydrogen-bond acceptors (Lipinski definition) is 4. The monoisotopic (exact) mass is 475 g/mol. The van der Waals surface area contributed by atoms with Gasteiger partial charge in [-0.15, -0.1) is 10.2 Å². The Morgan fingerprint density at radius 1 is 0.941 bits per heavy atom. The molecule has 0 radical (unpaired) electrons. The Bertz CT molecular complexity index is 1440. The number of rotatable bonds is 7. The zero-order chi connectivity index (χ0) is 23.5. The number of fused-ring (bicyclic) bond motifs is 1. The maximum Gasteiger partial charge on any atom is 0.230 e. The first kappa shape index (κ1) is 21.8. The molecule has 170 valence electrons. The molecule has 5 rings (SSSR count). The molecule has 0 aliphatic heterocycles. The molecule has 6 nitrogen and oxygen atoms in total. The van der Waals surface area contributed by atoms with Gasteiger partial charge < -0.3 is 10.3 Å². The third-order valence-corrected chi connectivity index (χ3v) is 6.21. The van der Waals surface area contributed by atoms with E-state index in [-0.39, 0.29) is 23.3 Å². The molecule has 2 N–H and O–H groups in total. The minimum Gasteiger partial charge on any atom is -0.360 e. The van der Waals surface area contributed by atoms with Crippen LogP contribution in [0.3, 0.4) is 0 Å². The van der Waals surface area contributed by atoms with Crippen molar-refractivity contribution in [3.8, 4) is 17.1 Å². The average Bonchev–Trinajstić information content (AvgIpc) is 3.47. The largest absolute Gasteiger partial charge is 0.360 e. The highest BCUT2D eigenvalue weighted by molar-refractivity contribution is 7.99. The molecule has 0 fully saturated rings. The number of carbonyl (C=O) groups is 1. The molecule has 2 heterocycles. The standard InChI is InChI=1S/C25H19F2N5OS/c26-17-7-5-16(6-8-17)13-29-23(33)15-34-25-31-30-24(32(25)19-11-9-18(27)10-12-19)21-14-28-22-4-2-1-3-20(21)22/h1-12,14,28H,13,15H2,(H,29,33). The molecule has 0 unspecified atom stereocenters. The maximum absolute atomic E-state index is 13.6. The molecule has 0 spiro atoms. The van der Waals surface area contributed by atoms with Crippen LogP contribution in [-0.4, -0.2) is 31.4 Å². The average molecular weight is 476 g/mol. The number of nitrogens with zero attached hydrogens (tertiary/aromatic N) is 3. The Morgan fingerprint density at radius 3 is 2.41 bits per heavy atom. The molecule has 1 amide bonds. The van der Waals surface area contributed by atoms with Gasteiger partial charge in [0, 0.05) is 34.9 Å². The fraction of sp³-hybridized carbons (Fsp3) is 0.0800. The Labute approximate surface area is 198 Å². The number of benzene rings is 3. The highest BCUT2D eigenvalue weighted by atomic mass is 32.2. The maximum atomic E-state index is 13.6. The van der Waals surface area contributed by atoms with Crippen LogP contribution in [0.2, 0.25) is 0 Å². The molecule has 0 saturated heterocycles. The van der Waals surface area contributed by atoms with Crippen LogP contribution in [0, 0.1) is 11.6 Å². The highest BCUT2D eigenvalue weighted by Crippen LogP contribution is 2.32. The summed E-state index contributed by atoms with van der Waals surface area (Å²) in [6.07, 6.45) is 1.86. The number of nitrogens with one attached hydrogen (secondary N) is 2. The van der Waals surface area contributed by atoms with Crippen molar-refractivity contribution >= 4 is 28.6 Å². The second-order valence-corrected chi connectivity index (χ2v) is 8.50. The predicted octanol–water partition coefficient (Wildman–Crippen LogP) is 5.10. The van der Waals surface area contributed by atoms with Crippen molar-refractivity contribution in [3.05, 3.63) is 96.2 Å². The summed E-state index contributed by atoms with van der Waals surface area (Å²) >= 11 is 1.23. The van der Waals surface area contributed by atoms with Crippen LogP contribution >= 0.6 is 11.8 Å². The van der Waals surface area contributed by atoms with E-state index in [1.807, 2.05) is 35.0 Å². The smallest absolute Gasteiger partial charge is 0.230 e. The summed E-state index contributed by atoms with van der Waals surface area (Å²) in [6, 6.07) is 19.9.